The molecule has 2 rings (SSSR count). The number of aryl methyl sites for hydroxylation is 1. The maximum absolute atomic E-state index is 13.2. The first-order chi connectivity index (χ1) is 9.17. The fourth-order valence-corrected chi connectivity index (χ4v) is 2.31. The van der Waals surface area contributed by atoms with Gasteiger partial charge >= 0.3 is 0 Å². The van der Waals surface area contributed by atoms with Gasteiger partial charge in [-0.25, -0.2) is 8.78 Å². The summed E-state index contributed by atoms with van der Waals surface area (Å²) in [6, 6.07) is 3.32. The molecule has 0 radical (unpaired) electrons. The molecular formula is C14H17F2N3. The van der Waals surface area contributed by atoms with Gasteiger partial charge in [-0.1, -0.05) is 0 Å². The number of hydrogen-bond donors (Lipinski definition) is 2. The summed E-state index contributed by atoms with van der Waals surface area (Å²) in [7, 11) is 1.59. The number of benzene rings is 1. The number of fused-ring (bicyclic) bond motifs is 1. The Kier molecular flexibility index (Phi) is 4.14. The van der Waals surface area contributed by atoms with E-state index in [2.05, 4.69) is 10.3 Å². The first-order valence-corrected chi connectivity index (χ1v) is 6.20. The Morgan fingerprint density at radius 3 is 2.89 bits per heavy atom. The molecule has 1 aliphatic heterocycles. The van der Waals surface area contributed by atoms with Gasteiger partial charge < -0.3 is 11.1 Å². The number of halogens is 2. The number of hydrogen-bond acceptors (Lipinski definition) is 3. The van der Waals surface area contributed by atoms with Gasteiger partial charge in [0.2, 0.25) is 0 Å². The highest BCUT2D eigenvalue weighted by Gasteiger charge is 2.19. The number of rotatable bonds is 3. The van der Waals surface area contributed by atoms with E-state index in [4.69, 9.17) is 5.73 Å². The zero-order valence-corrected chi connectivity index (χ0v) is 10.8. The molecule has 3 N–H and O–H groups in total. The van der Waals surface area contributed by atoms with Crippen LogP contribution in [-0.2, 0) is 6.42 Å². The van der Waals surface area contributed by atoms with E-state index >= 15 is 0 Å². The summed E-state index contributed by atoms with van der Waals surface area (Å²) in [4.78, 5) is 3.86. The van der Waals surface area contributed by atoms with Crippen LogP contribution in [0.15, 0.2) is 23.3 Å². The number of anilines is 1. The van der Waals surface area contributed by atoms with Crippen LogP contribution in [0.4, 0.5) is 14.5 Å². The maximum atomic E-state index is 13.2. The van der Waals surface area contributed by atoms with E-state index in [0.717, 1.165) is 30.6 Å². The lowest BCUT2D eigenvalue weighted by Gasteiger charge is -2.21. The minimum absolute atomic E-state index is 0.00949. The Morgan fingerprint density at radius 1 is 1.47 bits per heavy atom. The van der Waals surface area contributed by atoms with Crippen LogP contribution in [0.5, 0.6) is 0 Å². The standard InChI is InChI=1S/C14H17F2N3/c1-18-8-10(7-17)11-5-9-3-2-4-19-13(9)6-12(11)14(15)16/h5-8,14,19H,2-4,17H2,1H3/b10-7+,18-8?. The van der Waals surface area contributed by atoms with Crippen LogP contribution >= 0.6 is 0 Å². The van der Waals surface area contributed by atoms with E-state index in [1.165, 1.54) is 18.5 Å². The molecule has 1 heterocycles. The molecule has 0 saturated carbocycles. The second-order valence-electron chi connectivity index (χ2n) is 4.44. The van der Waals surface area contributed by atoms with Gasteiger partial charge in [0.05, 0.1) is 0 Å². The van der Waals surface area contributed by atoms with Crippen molar-refractivity contribution in [2.45, 2.75) is 19.3 Å². The largest absolute Gasteiger partial charge is 0.404 e. The quantitative estimate of drug-likeness (QED) is 0.825. The number of nitrogens with one attached hydrogen (secondary N) is 1. The lowest BCUT2D eigenvalue weighted by molar-refractivity contribution is 0.151. The highest BCUT2D eigenvalue weighted by atomic mass is 19.3. The normalized spacial score (nSPS) is 15.7. The molecule has 1 aromatic carbocycles. The van der Waals surface area contributed by atoms with Crippen molar-refractivity contribution in [3.8, 4) is 0 Å². The third kappa shape index (κ3) is 2.75. The van der Waals surface area contributed by atoms with E-state index in [1.807, 2.05) is 0 Å². The highest BCUT2D eigenvalue weighted by molar-refractivity contribution is 6.10. The zero-order valence-electron chi connectivity index (χ0n) is 10.8. The number of alkyl halides is 2. The van der Waals surface area contributed by atoms with Crippen LogP contribution in [0.1, 0.15) is 29.5 Å². The SMILES string of the molecule is CN=C/C(=C\N)c1cc2c(cc1C(F)F)NCCC2. The summed E-state index contributed by atoms with van der Waals surface area (Å²) in [6.45, 7) is 0.824. The molecule has 1 aromatic rings. The van der Waals surface area contributed by atoms with Crippen molar-refractivity contribution in [2.24, 2.45) is 10.7 Å². The summed E-state index contributed by atoms with van der Waals surface area (Å²) in [5, 5.41) is 3.16. The van der Waals surface area contributed by atoms with Crippen LogP contribution in [0.25, 0.3) is 5.57 Å². The smallest absolute Gasteiger partial charge is 0.264 e. The minimum atomic E-state index is -2.54. The second kappa shape index (κ2) is 5.82. The monoisotopic (exact) mass is 265 g/mol. The molecule has 0 fully saturated rings. The van der Waals surface area contributed by atoms with Crippen molar-refractivity contribution in [3.05, 3.63) is 35.0 Å². The van der Waals surface area contributed by atoms with Crippen LogP contribution in [-0.4, -0.2) is 19.8 Å². The van der Waals surface area contributed by atoms with Gasteiger partial charge in [0.25, 0.3) is 6.43 Å². The molecule has 5 heteroatoms. The molecule has 1 aliphatic rings. The lowest BCUT2D eigenvalue weighted by atomic mass is 9.93. The average molecular weight is 265 g/mol. The highest BCUT2D eigenvalue weighted by Crippen LogP contribution is 2.34. The molecule has 0 amide bonds. The minimum Gasteiger partial charge on any atom is -0.404 e. The van der Waals surface area contributed by atoms with Gasteiger partial charge in [-0.05, 0) is 36.1 Å². The number of allylic oxidation sites excluding steroid dienone is 1. The summed E-state index contributed by atoms with van der Waals surface area (Å²) < 4.78 is 26.4. The molecule has 0 atom stereocenters. The molecule has 0 saturated heterocycles. The second-order valence-corrected chi connectivity index (χ2v) is 4.44. The van der Waals surface area contributed by atoms with Crippen molar-refractivity contribution >= 4 is 17.5 Å². The third-order valence-electron chi connectivity index (χ3n) is 3.21. The van der Waals surface area contributed by atoms with Gasteiger partial charge in [0, 0.05) is 42.8 Å². The van der Waals surface area contributed by atoms with Crippen LogP contribution in [0.2, 0.25) is 0 Å². The van der Waals surface area contributed by atoms with Crippen molar-refractivity contribution < 1.29 is 8.78 Å². The predicted octanol–water partition coefficient (Wildman–Crippen LogP) is 2.98. The zero-order chi connectivity index (χ0) is 13.8. The predicted molar refractivity (Wildman–Crippen MR) is 74.8 cm³/mol. The van der Waals surface area contributed by atoms with Crippen molar-refractivity contribution in [2.75, 3.05) is 18.9 Å². The number of nitrogens with two attached hydrogens (primary N) is 1. The van der Waals surface area contributed by atoms with Crippen molar-refractivity contribution in [1.29, 1.82) is 0 Å². The van der Waals surface area contributed by atoms with Gasteiger partial charge in [-0.2, -0.15) is 0 Å². The molecule has 3 nitrogen and oxygen atoms in total. The van der Waals surface area contributed by atoms with E-state index in [9.17, 15) is 8.78 Å². The summed E-state index contributed by atoms with van der Waals surface area (Å²) >= 11 is 0. The Balaban J connectivity index is 2.57. The van der Waals surface area contributed by atoms with E-state index in [1.54, 1.807) is 13.1 Å². The van der Waals surface area contributed by atoms with Crippen molar-refractivity contribution in [3.63, 3.8) is 0 Å². The van der Waals surface area contributed by atoms with E-state index in [-0.39, 0.29) is 5.56 Å². The van der Waals surface area contributed by atoms with Crippen LogP contribution in [0, 0.1) is 0 Å². The summed E-state index contributed by atoms with van der Waals surface area (Å²) in [5.41, 5.74) is 8.35. The Hall–Kier alpha value is -1.91. The maximum Gasteiger partial charge on any atom is 0.264 e. The Labute approximate surface area is 111 Å². The van der Waals surface area contributed by atoms with Gasteiger partial charge in [-0.3, -0.25) is 4.99 Å². The van der Waals surface area contributed by atoms with E-state index in [0.29, 0.717) is 11.1 Å². The fraction of sp³-hybridized carbons (Fsp3) is 0.357. The van der Waals surface area contributed by atoms with Crippen LogP contribution in [0.3, 0.4) is 0 Å². The molecule has 0 spiro atoms. The fourth-order valence-electron chi connectivity index (χ4n) is 2.31. The number of nitrogens with zero attached hydrogens (tertiary/aromatic N) is 1. The molecule has 0 aromatic heterocycles. The van der Waals surface area contributed by atoms with Crippen LogP contribution < -0.4 is 11.1 Å². The van der Waals surface area contributed by atoms with Gasteiger partial charge in [0.15, 0.2) is 0 Å². The lowest BCUT2D eigenvalue weighted by Crippen LogP contribution is -2.13. The van der Waals surface area contributed by atoms with Gasteiger partial charge in [0.1, 0.15) is 0 Å². The van der Waals surface area contributed by atoms with E-state index < -0.39 is 6.43 Å². The molecule has 0 aliphatic carbocycles. The topological polar surface area (TPSA) is 50.4 Å². The number of aliphatic imine (C=N–C) groups is 1. The molecule has 0 unspecified atom stereocenters. The molecular weight excluding hydrogens is 248 g/mol. The van der Waals surface area contributed by atoms with Gasteiger partial charge in [-0.15, -0.1) is 0 Å². The molecule has 0 bridgehead atoms. The first-order valence-electron chi connectivity index (χ1n) is 6.20. The van der Waals surface area contributed by atoms with Crippen molar-refractivity contribution in [1.82, 2.24) is 0 Å². The average Bonchev–Trinajstić information content (AvgIpc) is 2.43. The first kappa shape index (κ1) is 13.5. The molecule has 19 heavy (non-hydrogen) atoms. The summed E-state index contributed by atoms with van der Waals surface area (Å²) in [5.74, 6) is 0. The third-order valence-corrected chi connectivity index (χ3v) is 3.21. The Bertz CT molecular complexity index is 522. The molecule has 102 valence electrons. The summed E-state index contributed by atoms with van der Waals surface area (Å²) in [6.07, 6.45) is 2.18. The Morgan fingerprint density at radius 2 is 2.26 bits per heavy atom.